The van der Waals surface area contributed by atoms with Crippen molar-refractivity contribution in [2.75, 3.05) is 11.9 Å². The third-order valence-corrected chi connectivity index (χ3v) is 5.54. The predicted molar refractivity (Wildman–Crippen MR) is 111 cm³/mol. The first-order chi connectivity index (χ1) is 14.4. The van der Waals surface area contributed by atoms with Gasteiger partial charge in [0.1, 0.15) is 17.5 Å². The van der Waals surface area contributed by atoms with Crippen molar-refractivity contribution in [3.63, 3.8) is 0 Å². The second-order valence-electron chi connectivity index (χ2n) is 7.43. The van der Waals surface area contributed by atoms with Gasteiger partial charge in [-0.25, -0.2) is 19.3 Å². The molecule has 3 aromatic rings. The van der Waals surface area contributed by atoms with Gasteiger partial charge in [0, 0.05) is 16.6 Å². The molecule has 0 radical (unpaired) electrons. The molecule has 2 aromatic heterocycles. The molecule has 0 aliphatic heterocycles. The van der Waals surface area contributed by atoms with E-state index in [4.69, 9.17) is 16.3 Å². The second-order valence-corrected chi connectivity index (χ2v) is 7.86. The molecular formula is C22H20ClFN4O2. The van der Waals surface area contributed by atoms with Gasteiger partial charge in [-0.1, -0.05) is 23.7 Å². The largest absolute Gasteiger partial charge is 0.489 e. The maximum absolute atomic E-state index is 13.9. The number of hydrogen-bond donors (Lipinski definition) is 1. The number of halogens is 2. The summed E-state index contributed by atoms with van der Waals surface area (Å²) in [7, 11) is 0. The summed E-state index contributed by atoms with van der Waals surface area (Å²) in [5.74, 6) is 0.595. The quantitative estimate of drug-likeness (QED) is 0.637. The van der Waals surface area contributed by atoms with Crippen LogP contribution in [0.25, 0.3) is 0 Å². The molecule has 1 saturated carbocycles. The maximum Gasteiger partial charge on any atom is 0.229 e. The van der Waals surface area contributed by atoms with Crippen molar-refractivity contribution in [1.29, 1.82) is 0 Å². The minimum absolute atomic E-state index is 0.199. The van der Waals surface area contributed by atoms with E-state index < -0.39 is 11.3 Å². The molecule has 1 aromatic carbocycles. The number of anilines is 1. The Kier molecular flexibility index (Phi) is 5.39. The van der Waals surface area contributed by atoms with Crippen LogP contribution >= 0.6 is 11.6 Å². The molecule has 1 N–H and O–H groups in total. The normalized spacial score (nSPS) is 19.9. The summed E-state index contributed by atoms with van der Waals surface area (Å²) in [6.45, 7) is 3.84. The first-order valence-electron chi connectivity index (χ1n) is 9.49. The lowest BCUT2D eigenvalue weighted by atomic mass is 9.93. The number of ether oxygens (including phenoxy) is 1. The molecule has 1 amide bonds. The van der Waals surface area contributed by atoms with Crippen LogP contribution in [-0.2, 0) is 10.2 Å². The highest BCUT2D eigenvalue weighted by atomic mass is 35.5. The van der Waals surface area contributed by atoms with Crippen LogP contribution in [-0.4, -0.2) is 27.5 Å². The van der Waals surface area contributed by atoms with E-state index in [1.807, 2.05) is 13.0 Å². The summed E-state index contributed by atoms with van der Waals surface area (Å²) in [5.41, 5.74) is 0.774. The lowest BCUT2D eigenvalue weighted by Crippen LogP contribution is -2.27. The third-order valence-electron chi connectivity index (χ3n) is 5.30. The SMILES string of the molecule is Cc1ncc(OC[C@@]2(c3cccc(F)c3)C[C@H]2C(=O)Nc2cc(Cl)ccn2)c(C)n1. The number of pyridine rings is 1. The van der Waals surface area contributed by atoms with Crippen LogP contribution in [0.3, 0.4) is 0 Å². The van der Waals surface area contributed by atoms with Crippen LogP contribution in [0.15, 0.2) is 48.8 Å². The Morgan fingerprint density at radius 1 is 1.30 bits per heavy atom. The number of rotatable bonds is 6. The summed E-state index contributed by atoms with van der Waals surface area (Å²) in [6.07, 6.45) is 3.66. The Morgan fingerprint density at radius 3 is 2.87 bits per heavy atom. The van der Waals surface area contributed by atoms with Crippen molar-refractivity contribution < 1.29 is 13.9 Å². The summed E-state index contributed by atoms with van der Waals surface area (Å²) in [6, 6.07) is 9.49. The average molecular weight is 427 g/mol. The van der Waals surface area contributed by atoms with Gasteiger partial charge in [0.15, 0.2) is 5.75 Å². The van der Waals surface area contributed by atoms with Crippen molar-refractivity contribution >= 4 is 23.3 Å². The molecule has 2 heterocycles. The Morgan fingerprint density at radius 2 is 2.13 bits per heavy atom. The summed E-state index contributed by atoms with van der Waals surface area (Å²) >= 11 is 5.97. The van der Waals surface area contributed by atoms with Gasteiger partial charge in [-0.3, -0.25) is 4.79 Å². The Bertz CT molecular complexity index is 1110. The smallest absolute Gasteiger partial charge is 0.229 e. The van der Waals surface area contributed by atoms with E-state index in [-0.39, 0.29) is 18.3 Å². The van der Waals surface area contributed by atoms with Crippen LogP contribution in [0, 0.1) is 25.6 Å². The van der Waals surface area contributed by atoms with Gasteiger partial charge < -0.3 is 10.1 Å². The van der Waals surface area contributed by atoms with Gasteiger partial charge >= 0.3 is 0 Å². The van der Waals surface area contributed by atoms with Crippen LogP contribution in [0.5, 0.6) is 5.75 Å². The molecule has 1 fully saturated rings. The van der Waals surface area contributed by atoms with E-state index in [0.29, 0.717) is 40.1 Å². The van der Waals surface area contributed by atoms with Gasteiger partial charge in [-0.2, -0.15) is 0 Å². The number of benzene rings is 1. The van der Waals surface area contributed by atoms with E-state index in [9.17, 15) is 9.18 Å². The van der Waals surface area contributed by atoms with E-state index >= 15 is 0 Å². The van der Waals surface area contributed by atoms with E-state index in [1.54, 1.807) is 31.3 Å². The lowest BCUT2D eigenvalue weighted by molar-refractivity contribution is -0.117. The van der Waals surface area contributed by atoms with Gasteiger partial charge in [0.2, 0.25) is 5.91 Å². The van der Waals surface area contributed by atoms with Crippen LogP contribution in [0.1, 0.15) is 23.5 Å². The second kappa shape index (κ2) is 7.99. The van der Waals surface area contributed by atoms with Crippen molar-refractivity contribution in [2.24, 2.45) is 5.92 Å². The molecular weight excluding hydrogens is 407 g/mol. The zero-order chi connectivity index (χ0) is 21.3. The predicted octanol–water partition coefficient (Wildman–Crippen LogP) is 4.26. The highest BCUT2D eigenvalue weighted by Gasteiger charge is 2.60. The third kappa shape index (κ3) is 4.11. The number of nitrogens with one attached hydrogen (secondary N) is 1. The molecule has 0 saturated heterocycles. The van der Waals surface area contributed by atoms with Crippen molar-refractivity contribution in [3.8, 4) is 5.75 Å². The molecule has 2 atom stereocenters. The fourth-order valence-corrected chi connectivity index (χ4v) is 3.78. The van der Waals surface area contributed by atoms with E-state index in [2.05, 4.69) is 20.3 Å². The molecule has 0 unspecified atom stereocenters. The average Bonchev–Trinajstić information content (AvgIpc) is 3.43. The van der Waals surface area contributed by atoms with Gasteiger partial charge in [-0.05, 0) is 50.1 Å². The molecule has 30 heavy (non-hydrogen) atoms. The van der Waals surface area contributed by atoms with Crippen LogP contribution in [0.4, 0.5) is 10.2 Å². The number of hydrogen-bond acceptors (Lipinski definition) is 5. The van der Waals surface area contributed by atoms with Crippen molar-refractivity contribution in [1.82, 2.24) is 15.0 Å². The monoisotopic (exact) mass is 426 g/mol. The number of aromatic nitrogens is 3. The Balaban J connectivity index is 1.57. The zero-order valence-corrected chi connectivity index (χ0v) is 17.3. The van der Waals surface area contributed by atoms with Crippen molar-refractivity contribution in [2.45, 2.75) is 25.7 Å². The number of aryl methyl sites for hydroxylation is 2. The van der Waals surface area contributed by atoms with Crippen LogP contribution in [0.2, 0.25) is 5.02 Å². The number of nitrogens with zero attached hydrogens (tertiary/aromatic N) is 3. The van der Waals surface area contributed by atoms with E-state index in [0.717, 1.165) is 0 Å². The van der Waals surface area contributed by atoms with Crippen molar-refractivity contribution in [3.05, 3.63) is 76.7 Å². The summed E-state index contributed by atoms with van der Waals surface area (Å²) in [4.78, 5) is 25.5. The summed E-state index contributed by atoms with van der Waals surface area (Å²) in [5, 5.41) is 3.27. The standard InChI is InChI=1S/C22H20ClFN4O2/c1-13-19(11-26-14(2)27-13)30-12-22(15-4-3-5-17(24)8-15)10-18(22)21(29)28-20-9-16(23)6-7-25-20/h3-9,11,18H,10,12H2,1-2H3,(H,25,28,29)/t18-,22+/m0/s1. The number of amides is 1. The molecule has 8 heteroatoms. The number of carbonyl (C=O) groups excluding carboxylic acids is 1. The fourth-order valence-electron chi connectivity index (χ4n) is 3.62. The zero-order valence-electron chi connectivity index (χ0n) is 16.5. The molecule has 1 aliphatic carbocycles. The van der Waals surface area contributed by atoms with Crippen LogP contribution < -0.4 is 10.1 Å². The molecule has 0 bridgehead atoms. The first-order valence-corrected chi connectivity index (χ1v) is 9.87. The highest BCUT2D eigenvalue weighted by Crippen LogP contribution is 2.55. The Labute approximate surface area is 178 Å². The molecule has 6 nitrogen and oxygen atoms in total. The molecule has 4 rings (SSSR count). The van der Waals surface area contributed by atoms with Gasteiger partial charge in [-0.15, -0.1) is 0 Å². The van der Waals surface area contributed by atoms with Gasteiger partial charge in [0.05, 0.1) is 24.4 Å². The number of carbonyl (C=O) groups is 1. The Hall–Kier alpha value is -3.06. The summed E-state index contributed by atoms with van der Waals surface area (Å²) < 4.78 is 19.9. The topological polar surface area (TPSA) is 77.0 Å². The maximum atomic E-state index is 13.9. The van der Waals surface area contributed by atoms with Gasteiger partial charge in [0.25, 0.3) is 0 Å². The fraction of sp³-hybridized carbons (Fsp3) is 0.273. The van der Waals surface area contributed by atoms with E-state index in [1.165, 1.54) is 18.3 Å². The molecule has 0 spiro atoms. The first kappa shape index (κ1) is 20.2. The molecule has 154 valence electrons. The minimum Gasteiger partial charge on any atom is -0.489 e. The lowest BCUT2D eigenvalue weighted by Gasteiger charge is -2.19. The minimum atomic E-state index is -0.651. The highest BCUT2D eigenvalue weighted by molar-refractivity contribution is 6.30. The molecule has 1 aliphatic rings.